The molecule has 1 fully saturated rings. The van der Waals surface area contributed by atoms with Crippen molar-refractivity contribution in [3.05, 3.63) is 12.7 Å². The van der Waals surface area contributed by atoms with E-state index in [0.29, 0.717) is 11.8 Å². The van der Waals surface area contributed by atoms with Gasteiger partial charge < -0.3 is 0 Å². The normalized spacial score (nSPS) is 36.4. The fraction of sp³-hybridized carbons (Fsp3) is 0.429. The highest BCUT2D eigenvalue weighted by atomic mass is 14.3. The van der Waals surface area contributed by atoms with Gasteiger partial charge >= 0.3 is 0 Å². The molecular weight excluding hydrogens is 84.1 g/mol. The topological polar surface area (TPSA) is 0 Å². The summed E-state index contributed by atoms with van der Waals surface area (Å²) in [6.07, 6.45) is 8.20. The van der Waals surface area contributed by atoms with Crippen molar-refractivity contribution in [1.29, 1.82) is 0 Å². The Morgan fingerprint density at radius 3 is 2.71 bits per heavy atom. The van der Waals surface area contributed by atoms with E-state index in [4.69, 9.17) is 6.42 Å². The molecule has 0 saturated heterocycles. The molecule has 2 atom stereocenters. The average molecular weight is 92.1 g/mol. The highest BCUT2D eigenvalue weighted by molar-refractivity contribution is 5.12. The van der Waals surface area contributed by atoms with Gasteiger partial charge in [-0.2, -0.15) is 0 Å². The van der Waals surface area contributed by atoms with Crippen LogP contribution in [-0.2, 0) is 0 Å². The van der Waals surface area contributed by atoms with Gasteiger partial charge in [0, 0.05) is 5.92 Å². The second-order valence-corrected chi connectivity index (χ2v) is 1.91. The molecule has 0 nitrogen and oxygen atoms in total. The van der Waals surface area contributed by atoms with E-state index in [1.54, 1.807) is 0 Å². The van der Waals surface area contributed by atoms with Gasteiger partial charge in [-0.3, -0.25) is 0 Å². The second-order valence-electron chi connectivity index (χ2n) is 1.91. The average Bonchev–Trinajstić information content (AvgIpc) is 2.43. The molecule has 1 rings (SSSR count). The van der Waals surface area contributed by atoms with Gasteiger partial charge in [0.1, 0.15) is 0 Å². The number of terminal acetylenes is 1. The van der Waals surface area contributed by atoms with Crippen LogP contribution in [0.5, 0.6) is 0 Å². The molecule has 1 aliphatic carbocycles. The Morgan fingerprint density at radius 2 is 2.57 bits per heavy atom. The molecule has 0 spiro atoms. The molecular formula is C7H8. The summed E-state index contributed by atoms with van der Waals surface area (Å²) < 4.78 is 0. The summed E-state index contributed by atoms with van der Waals surface area (Å²) in [6, 6.07) is 0. The van der Waals surface area contributed by atoms with Gasteiger partial charge in [-0.25, -0.2) is 0 Å². The van der Waals surface area contributed by atoms with Gasteiger partial charge in [-0.1, -0.05) is 6.08 Å². The molecule has 1 aliphatic rings. The molecule has 0 aromatic heterocycles. The highest BCUT2D eigenvalue weighted by Crippen LogP contribution is 2.37. The van der Waals surface area contributed by atoms with E-state index < -0.39 is 0 Å². The predicted octanol–water partition coefficient (Wildman–Crippen LogP) is 1.44. The van der Waals surface area contributed by atoms with E-state index in [2.05, 4.69) is 12.5 Å². The van der Waals surface area contributed by atoms with Gasteiger partial charge in [0.15, 0.2) is 0 Å². The first-order valence-corrected chi connectivity index (χ1v) is 2.47. The van der Waals surface area contributed by atoms with Crippen molar-refractivity contribution in [2.75, 3.05) is 0 Å². The maximum absolute atomic E-state index is 5.10. The molecule has 36 valence electrons. The molecule has 0 amide bonds. The van der Waals surface area contributed by atoms with Crippen LogP contribution in [0.4, 0.5) is 0 Å². The molecule has 0 heteroatoms. The molecule has 0 unspecified atom stereocenters. The molecule has 0 N–H and O–H groups in total. The van der Waals surface area contributed by atoms with E-state index in [1.807, 2.05) is 6.08 Å². The minimum atomic E-state index is 0.525. The van der Waals surface area contributed by atoms with E-state index in [1.165, 1.54) is 6.42 Å². The lowest BCUT2D eigenvalue weighted by atomic mass is 10.3. The van der Waals surface area contributed by atoms with Crippen molar-refractivity contribution in [2.45, 2.75) is 6.42 Å². The Morgan fingerprint density at radius 1 is 1.86 bits per heavy atom. The Labute approximate surface area is 44.2 Å². The van der Waals surface area contributed by atoms with Gasteiger partial charge in [0.05, 0.1) is 0 Å². The van der Waals surface area contributed by atoms with Crippen LogP contribution in [0.15, 0.2) is 12.7 Å². The lowest BCUT2D eigenvalue weighted by Gasteiger charge is -1.72. The summed E-state index contributed by atoms with van der Waals surface area (Å²) in [4.78, 5) is 0. The number of hydrogen-bond acceptors (Lipinski definition) is 0. The third-order valence-electron chi connectivity index (χ3n) is 1.36. The first kappa shape index (κ1) is 4.46. The van der Waals surface area contributed by atoms with Crippen molar-refractivity contribution in [3.63, 3.8) is 0 Å². The van der Waals surface area contributed by atoms with Crippen LogP contribution >= 0.6 is 0 Å². The Balaban J connectivity index is 2.34. The predicted molar refractivity (Wildman–Crippen MR) is 30.6 cm³/mol. The Kier molecular flexibility index (Phi) is 0.906. The molecule has 0 aromatic carbocycles. The molecule has 0 bridgehead atoms. The van der Waals surface area contributed by atoms with Gasteiger partial charge in [0.2, 0.25) is 0 Å². The maximum Gasteiger partial charge on any atom is 0.0269 e. The van der Waals surface area contributed by atoms with Crippen LogP contribution in [0.25, 0.3) is 0 Å². The molecule has 0 radical (unpaired) electrons. The zero-order valence-electron chi connectivity index (χ0n) is 4.22. The van der Waals surface area contributed by atoms with Crippen LogP contribution in [0, 0.1) is 24.2 Å². The summed E-state index contributed by atoms with van der Waals surface area (Å²) >= 11 is 0. The van der Waals surface area contributed by atoms with Crippen LogP contribution < -0.4 is 0 Å². The standard InChI is InChI=1S/C7H8/c1-3-6-5-7(6)4-2/h1,4,6-7H,2,5H2/t6-,7+/m1/s1. The van der Waals surface area contributed by atoms with Crippen molar-refractivity contribution in [3.8, 4) is 12.3 Å². The monoisotopic (exact) mass is 92.1 g/mol. The SMILES string of the molecule is C#C[C@@H]1C[C@@H]1C=C. The third kappa shape index (κ3) is 0.667. The second kappa shape index (κ2) is 1.42. The summed E-state index contributed by atoms with van der Waals surface area (Å²) in [7, 11) is 0. The first-order valence-electron chi connectivity index (χ1n) is 2.47. The lowest BCUT2D eigenvalue weighted by molar-refractivity contribution is 1.03. The van der Waals surface area contributed by atoms with E-state index in [-0.39, 0.29) is 0 Å². The van der Waals surface area contributed by atoms with Crippen LogP contribution in [0.2, 0.25) is 0 Å². The van der Waals surface area contributed by atoms with Gasteiger partial charge in [-0.15, -0.1) is 18.9 Å². The van der Waals surface area contributed by atoms with Crippen LogP contribution in [0.1, 0.15) is 6.42 Å². The van der Waals surface area contributed by atoms with Gasteiger partial charge in [-0.05, 0) is 12.3 Å². The fourth-order valence-corrected chi connectivity index (χ4v) is 0.667. The van der Waals surface area contributed by atoms with E-state index in [9.17, 15) is 0 Å². The molecule has 1 saturated carbocycles. The van der Waals surface area contributed by atoms with E-state index in [0.717, 1.165) is 0 Å². The molecule has 0 aromatic rings. The lowest BCUT2D eigenvalue weighted by Crippen LogP contribution is -1.66. The fourth-order valence-electron chi connectivity index (χ4n) is 0.667. The van der Waals surface area contributed by atoms with Crippen LogP contribution in [-0.4, -0.2) is 0 Å². The summed E-state index contributed by atoms with van der Waals surface area (Å²) in [5.74, 6) is 3.84. The van der Waals surface area contributed by atoms with E-state index >= 15 is 0 Å². The molecule has 0 aliphatic heterocycles. The quantitative estimate of drug-likeness (QED) is 0.339. The minimum absolute atomic E-state index is 0.525. The summed E-state index contributed by atoms with van der Waals surface area (Å²) in [5, 5.41) is 0. The van der Waals surface area contributed by atoms with Crippen molar-refractivity contribution in [2.24, 2.45) is 11.8 Å². The Hall–Kier alpha value is -0.700. The van der Waals surface area contributed by atoms with Gasteiger partial charge in [0.25, 0.3) is 0 Å². The van der Waals surface area contributed by atoms with Crippen molar-refractivity contribution >= 4 is 0 Å². The first-order chi connectivity index (χ1) is 3.38. The zero-order valence-corrected chi connectivity index (χ0v) is 4.22. The van der Waals surface area contributed by atoms with Crippen molar-refractivity contribution < 1.29 is 0 Å². The molecule has 7 heavy (non-hydrogen) atoms. The number of allylic oxidation sites excluding steroid dienone is 1. The zero-order chi connectivity index (χ0) is 5.28. The highest BCUT2D eigenvalue weighted by Gasteiger charge is 2.31. The number of hydrogen-bond donors (Lipinski definition) is 0. The third-order valence-corrected chi connectivity index (χ3v) is 1.36. The minimum Gasteiger partial charge on any atom is -0.120 e. The Bertz CT molecular complexity index is 116. The summed E-state index contributed by atoms with van der Waals surface area (Å²) in [5.41, 5.74) is 0. The number of rotatable bonds is 1. The van der Waals surface area contributed by atoms with Crippen LogP contribution in [0.3, 0.4) is 0 Å². The molecule has 0 heterocycles. The largest absolute Gasteiger partial charge is 0.120 e. The summed E-state index contributed by atoms with van der Waals surface area (Å²) in [6.45, 7) is 3.63. The smallest absolute Gasteiger partial charge is 0.0269 e. The van der Waals surface area contributed by atoms with Crippen molar-refractivity contribution in [1.82, 2.24) is 0 Å². The maximum atomic E-state index is 5.10.